The van der Waals surface area contributed by atoms with Crippen LogP contribution in [0.15, 0.2) is 35.8 Å². The van der Waals surface area contributed by atoms with Gasteiger partial charge in [0.15, 0.2) is 0 Å². The summed E-state index contributed by atoms with van der Waals surface area (Å²) in [4.78, 5) is 13.6. The molecule has 0 spiro atoms. The number of rotatable bonds is 4. The molecule has 0 saturated carbocycles. The van der Waals surface area contributed by atoms with Crippen LogP contribution in [0.1, 0.15) is 0 Å². The highest BCUT2D eigenvalue weighted by molar-refractivity contribution is 7.13. The Bertz CT molecular complexity index is 471. The number of nitrogens with zero attached hydrogens (tertiary/aromatic N) is 3. The monoisotopic (exact) mass is 248 g/mol. The molecule has 0 atom stereocenters. The Kier molecular flexibility index (Phi) is 3.66. The first-order valence-electron chi connectivity index (χ1n) is 5.08. The molecule has 0 aliphatic carbocycles. The second kappa shape index (κ2) is 5.40. The maximum absolute atomic E-state index is 11.7. The zero-order valence-electron chi connectivity index (χ0n) is 9.33. The van der Waals surface area contributed by atoms with Crippen LogP contribution in [0, 0.1) is 0 Å². The molecule has 0 saturated heterocycles. The van der Waals surface area contributed by atoms with E-state index in [1.165, 1.54) is 11.3 Å². The Balaban J connectivity index is 1.91. The number of carbonyl (C=O) groups is 1. The average molecular weight is 248 g/mol. The Morgan fingerprint density at radius 1 is 1.41 bits per heavy atom. The van der Waals surface area contributed by atoms with Gasteiger partial charge >= 0.3 is 0 Å². The van der Waals surface area contributed by atoms with E-state index in [1.54, 1.807) is 5.51 Å². The standard InChI is InChI=1S/C11H12N4OS/c1-15(9-5-3-2-4-6-9)7-10(16)13-11-14-12-8-17-11/h2-6,8H,7H2,1H3,(H,13,14,16). The first-order valence-corrected chi connectivity index (χ1v) is 5.96. The third-order valence-corrected chi connectivity index (χ3v) is 2.79. The van der Waals surface area contributed by atoms with Crippen LogP contribution < -0.4 is 10.2 Å². The Hall–Kier alpha value is -1.95. The van der Waals surface area contributed by atoms with Crippen LogP contribution in [-0.2, 0) is 4.79 Å². The summed E-state index contributed by atoms with van der Waals surface area (Å²) in [5, 5.41) is 10.6. The van der Waals surface area contributed by atoms with Crippen molar-refractivity contribution in [2.24, 2.45) is 0 Å². The van der Waals surface area contributed by atoms with Gasteiger partial charge in [-0.3, -0.25) is 10.1 Å². The molecule has 0 bridgehead atoms. The second-order valence-corrected chi connectivity index (χ2v) is 4.32. The lowest BCUT2D eigenvalue weighted by Crippen LogP contribution is -2.29. The third kappa shape index (κ3) is 3.25. The van der Waals surface area contributed by atoms with Crippen LogP contribution in [-0.4, -0.2) is 29.7 Å². The number of nitrogens with one attached hydrogen (secondary N) is 1. The van der Waals surface area contributed by atoms with Gasteiger partial charge in [0.1, 0.15) is 5.51 Å². The van der Waals surface area contributed by atoms with Gasteiger partial charge in [0.25, 0.3) is 0 Å². The fourth-order valence-electron chi connectivity index (χ4n) is 1.38. The van der Waals surface area contributed by atoms with Crippen LogP contribution in [0.2, 0.25) is 0 Å². The van der Waals surface area contributed by atoms with Crippen molar-refractivity contribution in [2.45, 2.75) is 0 Å². The lowest BCUT2D eigenvalue weighted by Gasteiger charge is -2.17. The summed E-state index contributed by atoms with van der Waals surface area (Å²) in [6, 6.07) is 9.73. The molecular formula is C11H12N4OS. The van der Waals surface area contributed by atoms with Crippen molar-refractivity contribution in [1.82, 2.24) is 10.2 Å². The van der Waals surface area contributed by atoms with Crippen molar-refractivity contribution < 1.29 is 4.79 Å². The number of anilines is 2. The van der Waals surface area contributed by atoms with Crippen LogP contribution in [0.4, 0.5) is 10.8 Å². The van der Waals surface area contributed by atoms with E-state index < -0.39 is 0 Å². The average Bonchev–Trinajstić information content (AvgIpc) is 2.82. The predicted molar refractivity (Wildman–Crippen MR) is 68.3 cm³/mol. The number of para-hydroxylation sites is 1. The minimum absolute atomic E-state index is 0.104. The highest BCUT2D eigenvalue weighted by atomic mass is 32.1. The molecule has 1 N–H and O–H groups in total. The molecule has 5 nitrogen and oxygen atoms in total. The zero-order chi connectivity index (χ0) is 12.1. The normalized spacial score (nSPS) is 9.94. The second-order valence-electron chi connectivity index (χ2n) is 3.48. The van der Waals surface area contributed by atoms with Crippen molar-refractivity contribution in [3.63, 3.8) is 0 Å². The lowest BCUT2D eigenvalue weighted by atomic mass is 10.3. The summed E-state index contributed by atoms with van der Waals surface area (Å²) >= 11 is 1.30. The first-order chi connectivity index (χ1) is 8.25. The van der Waals surface area contributed by atoms with Crippen LogP contribution in [0.25, 0.3) is 0 Å². The van der Waals surface area contributed by atoms with Crippen LogP contribution in [0.5, 0.6) is 0 Å². The molecule has 0 unspecified atom stereocenters. The molecule has 88 valence electrons. The number of carbonyl (C=O) groups excluding carboxylic acids is 1. The van der Waals surface area contributed by atoms with Gasteiger partial charge in [-0.1, -0.05) is 29.5 Å². The maximum atomic E-state index is 11.7. The van der Waals surface area contributed by atoms with E-state index in [1.807, 2.05) is 42.3 Å². The zero-order valence-corrected chi connectivity index (χ0v) is 10.1. The summed E-state index contributed by atoms with van der Waals surface area (Å²) in [5.74, 6) is -0.104. The van der Waals surface area contributed by atoms with Gasteiger partial charge in [0, 0.05) is 12.7 Å². The quantitative estimate of drug-likeness (QED) is 0.893. The minimum Gasteiger partial charge on any atom is -0.365 e. The topological polar surface area (TPSA) is 58.1 Å². The Morgan fingerprint density at radius 3 is 2.82 bits per heavy atom. The highest BCUT2D eigenvalue weighted by Gasteiger charge is 2.08. The predicted octanol–water partition coefficient (Wildman–Crippen LogP) is 1.61. The Labute approximate surface area is 103 Å². The molecule has 0 aliphatic rings. The molecule has 0 aliphatic heterocycles. The van der Waals surface area contributed by atoms with Crippen LogP contribution >= 0.6 is 11.3 Å². The number of likely N-dealkylation sites (N-methyl/N-ethyl adjacent to an activating group) is 1. The van der Waals surface area contributed by atoms with Gasteiger partial charge in [-0.05, 0) is 12.1 Å². The number of amides is 1. The third-order valence-electron chi connectivity index (χ3n) is 2.18. The molecule has 0 radical (unpaired) electrons. The molecule has 1 aromatic heterocycles. The molecule has 2 rings (SSSR count). The van der Waals surface area contributed by atoms with E-state index >= 15 is 0 Å². The molecule has 17 heavy (non-hydrogen) atoms. The fourth-order valence-corrected chi connectivity index (χ4v) is 1.84. The molecule has 2 aromatic rings. The van der Waals surface area contributed by atoms with Gasteiger partial charge in [0.05, 0.1) is 6.54 Å². The van der Waals surface area contributed by atoms with Crippen molar-refractivity contribution in [1.29, 1.82) is 0 Å². The first kappa shape index (κ1) is 11.5. The van der Waals surface area contributed by atoms with Crippen molar-refractivity contribution >= 4 is 28.1 Å². The highest BCUT2D eigenvalue weighted by Crippen LogP contribution is 2.11. The summed E-state index contributed by atoms with van der Waals surface area (Å²) in [6.07, 6.45) is 0. The largest absolute Gasteiger partial charge is 0.365 e. The summed E-state index contributed by atoms with van der Waals surface area (Å²) in [5.41, 5.74) is 2.58. The van der Waals surface area contributed by atoms with Gasteiger partial charge in [-0.2, -0.15) is 0 Å². The van der Waals surface area contributed by atoms with Gasteiger partial charge < -0.3 is 4.90 Å². The lowest BCUT2D eigenvalue weighted by molar-refractivity contribution is -0.114. The van der Waals surface area contributed by atoms with Gasteiger partial charge in [0.2, 0.25) is 11.0 Å². The van der Waals surface area contributed by atoms with E-state index in [2.05, 4.69) is 15.5 Å². The minimum atomic E-state index is -0.104. The van der Waals surface area contributed by atoms with Gasteiger partial charge in [-0.25, -0.2) is 0 Å². The van der Waals surface area contributed by atoms with Crippen molar-refractivity contribution in [3.8, 4) is 0 Å². The molecule has 0 fully saturated rings. The van der Waals surface area contributed by atoms with E-state index in [0.717, 1.165) is 5.69 Å². The smallest absolute Gasteiger partial charge is 0.245 e. The fraction of sp³-hybridized carbons (Fsp3) is 0.182. The summed E-state index contributed by atoms with van der Waals surface area (Å²) in [7, 11) is 1.87. The van der Waals surface area contributed by atoms with E-state index in [-0.39, 0.29) is 12.5 Å². The number of hydrogen-bond donors (Lipinski definition) is 1. The SMILES string of the molecule is CN(CC(=O)Nc1nncs1)c1ccccc1. The van der Waals surface area contributed by atoms with Crippen molar-refractivity contribution in [2.75, 3.05) is 23.8 Å². The summed E-state index contributed by atoms with van der Waals surface area (Å²) < 4.78 is 0. The number of aromatic nitrogens is 2. The number of hydrogen-bond acceptors (Lipinski definition) is 5. The molecule has 1 heterocycles. The maximum Gasteiger partial charge on any atom is 0.245 e. The Morgan fingerprint density at radius 2 is 2.18 bits per heavy atom. The summed E-state index contributed by atoms with van der Waals surface area (Å²) in [6.45, 7) is 0.281. The molecule has 6 heteroatoms. The number of benzene rings is 1. The van der Waals surface area contributed by atoms with E-state index in [9.17, 15) is 4.79 Å². The van der Waals surface area contributed by atoms with Gasteiger partial charge in [-0.15, -0.1) is 10.2 Å². The van der Waals surface area contributed by atoms with E-state index in [4.69, 9.17) is 0 Å². The van der Waals surface area contributed by atoms with Crippen LogP contribution in [0.3, 0.4) is 0 Å². The molecule has 1 aromatic carbocycles. The molecular weight excluding hydrogens is 236 g/mol. The van der Waals surface area contributed by atoms with Crippen molar-refractivity contribution in [3.05, 3.63) is 35.8 Å². The molecule has 1 amide bonds. The van der Waals surface area contributed by atoms with E-state index in [0.29, 0.717) is 5.13 Å².